The molecule has 9 heteroatoms. The van der Waals surface area contributed by atoms with Crippen molar-refractivity contribution in [3.05, 3.63) is 59.2 Å². The maximum Gasteiger partial charge on any atom is 0.416 e. The Kier molecular flexibility index (Phi) is 6.49. The molecular formula is C24H27F3N4O2. The van der Waals surface area contributed by atoms with E-state index in [1.807, 2.05) is 23.1 Å². The summed E-state index contributed by atoms with van der Waals surface area (Å²) in [6.07, 6.45) is -2.15. The van der Waals surface area contributed by atoms with Gasteiger partial charge in [0.05, 0.1) is 11.5 Å². The quantitative estimate of drug-likeness (QED) is 0.714. The van der Waals surface area contributed by atoms with E-state index < -0.39 is 11.7 Å². The molecule has 3 amide bonds. The maximum absolute atomic E-state index is 13.2. The summed E-state index contributed by atoms with van der Waals surface area (Å²) in [5.41, 5.74) is 2.81. The van der Waals surface area contributed by atoms with Crippen LogP contribution in [0.15, 0.2) is 42.5 Å². The first-order valence-corrected chi connectivity index (χ1v) is 11.1. The van der Waals surface area contributed by atoms with E-state index in [1.54, 1.807) is 11.9 Å². The Bertz CT molecular complexity index is 1020. The Balaban J connectivity index is 1.44. The number of hydrogen-bond donors (Lipinski definition) is 2. The highest BCUT2D eigenvalue weighted by Crippen LogP contribution is 2.33. The molecule has 4 rings (SSSR count). The lowest BCUT2D eigenvalue weighted by Gasteiger charge is -2.37. The van der Waals surface area contributed by atoms with Crippen LogP contribution in [0.25, 0.3) is 0 Å². The first kappa shape index (κ1) is 22.9. The Morgan fingerprint density at radius 1 is 1.03 bits per heavy atom. The van der Waals surface area contributed by atoms with Gasteiger partial charge in [0.25, 0.3) is 0 Å². The van der Waals surface area contributed by atoms with Crippen LogP contribution in [0.1, 0.15) is 29.5 Å². The van der Waals surface area contributed by atoms with E-state index in [2.05, 4.69) is 10.6 Å². The topological polar surface area (TPSA) is 64.7 Å². The molecule has 0 aliphatic carbocycles. The Morgan fingerprint density at radius 3 is 2.48 bits per heavy atom. The van der Waals surface area contributed by atoms with Gasteiger partial charge in [-0.05, 0) is 60.7 Å². The molecule has 6 nitrogen and oxygen atoms in total. The highest BCUT2D eigenvalue weighted by molar-refractivity contribution is 5.81. The second kappa shape index (κ2) is 9.33. The van der Waals surface area contributed by atoms with Gasteiger partial charge in [0.2, 0.25) is 5.91 Å². The number of benzene rings is 2. The third kappa shape index (κ3) is 5.07. The lowest BCUT2D eigenvalue weighted by Crippen LogP contribution is -2.49. The lowest BCUT2D eigenvalue weighted by molar-refractivity contribution is -0.138. The van der Waals surface area contributed by atoms with Crippen molar-refractivity contribution in [3.63, 3.8) is 0 Å². The minimum Gasteiger partial charge on any atom is -0.355 e. The van der Waals surface area contributed by atoms with Crippen molar-refractivity contribution in [2.45, 2.75) is 32.0 Å². The zero-order chi connectivity index (χ0) is 23.6. The smallest absolute Gasteiger partial charge is 0.355 e. The van der Waals surface area contributed by atoms with Gasteiger partial charge >= 0.3 is 12.2 Å². The molecule has 1 atom stereocenters. The van der Waals surface area contributed by atoms with Crippen LogP contribution in [0.4, 0.5) is 29.3 Å². The van der Waals surface area contributed by atoms with Crippen molar-refractivity contribution >= 4 is 23.3 Å². The van der Waals surface area contributed by atoms with E-state index in [0.29, 0.717) is 38.3 Å². The van der Waals surface area contributed by atoms with E-state index in [0.717, 1.165) is 41.8 Å². The van der Waals surface area contributed by atoms with Crippen LogP contribution in [0.5, 0.6) is 0 Å². The summed E-state index contributed by atoms with van der Waals surface area (Å²) in [5.74, 6) is -0.138. The zero-order valence-electron chi connectivity index (χ0n) is 18.4. The largest absolute Gasteiger partial charge is 0.416 e. The normalized spacial score (nSPS) is 18.5. The molecule has 2 aliphatic heterocycles. The first-order valence-electron chi connectivity index (χ1n) is 11.1. The van der Waals surface area contributed by atoms with Crippen molar-refractivity contribution < 1.29 is 22.8 Å². The second-order valence-corrected chi connectivity index (χ2v) is 8.49. The summed E-state index contributed by atoms with van der Waals surface area (Å²) in [5, 5.41) is 5.84. The van der Waals surface area contributed by atoms with Gasteiger partial charge in [-0.3, -0.25) is 4.79 Å². The molecule has 0 radical (unpaired) electrons. The summed E-state index contributed by atoms with van der Waals surface area (Å²) in [4.78, 5) is 28.7. The number of piperidine rings is 1. The predicted octanol–water partition coefficient (Wildman–Crippen LogP) is 4.39. The number of carbonyl (C=O) groups is 2. The summed E-state index contributed by atoms with van der Waals surface area (Å²) < 4.78 is 38.4. The molecule has 0 saturated carbocycles. The van der Waals surface area contributed by atoms with Crippen LogP contribution in [-0.4, -0.2) is 48.4 Å². The van der Waals surface area contributed by atoms with Crippen molar-refractivity contribution in [2.24, 2.45) is 5.92 Å². The van der Waals surface area contributed by atoms with Gasteiger partial charge in [-0.25, -0.2) is 4.79 Å². The number of nitrogens with one attached hydrogen (secondary N) is 2. The number of amides is 3. The Labute approximate surface area is 190 Å². The fourth-order valence-electron chi connectivity index (χ4n) is 4.59. The molecule has 0 spiro atoms. The third-order valence-electron chi connectivity index (χ3n) is 6.34. The van der Waals surface area contributed by atoms with Crippen molar-refractivity contribution in [1.29, 1.82) is 0 Å². The number of anilines is 2. The van der Waals surface area contributed by atoms with Crippen LogP contribution in [0.3, 0.4) is 0 Å². The molecule has 2 heterocycles. The minimum absolute atomic E-state index is 0.0651. The van der Waals surface area contributed by atoms with Gasteiger partial charge < -0.3 is 20.4 Å². The highest BCUT2D eigenvalue weighted by atomic mass is 19.4. The van der Waals surface area contributed by atoms with Crippen LogP contribution < -0.4 is 10.6 Å². The van der Waals surface area contributed by atoms with E-state index in [1.165, 1.54) is 12.1 Å². The number of alkyl halides is 3. The van der Waals surface area contributed by atoms with Crippen molar-refractivity contribution in [1.82, 2.24) is 15.1 Å². The molecule has 1 unspecified atom stereocenters. The first-order chi connectivity index (χ1) is 15.8. The second-order valence-electron chi connectivity index (χ2n) is 8.49. The monoisotopic (exact) mass is 460 g/mol. The van der Waals surface area contributed by atoms with Crippen LogP contribution >= 0.6 is 0 Å². The minimum atomic E-state index is -4.36. The predicted molar refractivity (Wildman–Crippen MR) is 119 cm³/mol. The average Bonchev–Trinajstić information content (AvgIpc) is 2.82. The molecule has 1 fully saturated rings. The van der Waals surface area contributed by atoms with Crippen LogP contribution in [0.2, 0.25) is 0 Å². The summed E-state index contributed by atoms with van der Waals surface area (Å²) >= 11 is 0. The fraction of sp³-hybridized carbons (Fsp3) is 0.417. The number of fused-ring (bicyclic) bond motifs is 1. The van der Waals surface area contributed by atoms with E-state index in [-0.39, 0.29) is 17.9 Å². The number of nitrogens with zero attached hydrogens (tertiary/aromatic N) is 2. The molecule has 2 aromatic rings. The fourth-order valence-corrected chi connectivity index (χ4v) is 4.59. The van der Waals surface area contributed by atoms with Crippen LogP contribution in [0, 0.1) is 5.92 Å². The SMILES string of the molecule is CNC(=O)N1CCCC(C(=O)N2CCc3c(cccc3Nc3ccc(C(F)(F)F)cc3)C2)C1. The molecule has 0 aromatic heterocycles. The van der Waals surface area contributed by atoms with Gasteiger partial charge in [0.15, 0.2) is 0 Å². The lowest BCUT2D eigenvalue weighted by atomic mass is 9.93. The average molecular weight is 461 g/mol. The highest BCUT2D eigenvalue weighted by Gasteiger charge is 2.33. The van der Waals surface area contributed by atoms with E-state index >= 15 is 0 Å². The van der Waals surface area contributed by atoms with Gasteiger partial charge in [-0.2, -0.15) is 13.2 Å². The van der Waals surface area contributed by atoms with E-state index in [9.17, 15) is 22.8 Å². The van der Waals surface area contributed by atoms with Gasteiger partial charge in [-0.1, -0.05) is 12.1 Å². The number of rotatable bonds is 3. The summed E-state index contributed by atoms with van der Waals surface area (Å²) in [6, 6.07) is 10.6. The van der Waals surface area contributed by atoms with Gasteiger partial charge in [-0.15, -0.1) is 0 Å². The Morgan fingerprint density at radius 2 is 1.79 bits per heavy atom. The molecule has 1 saturated heterocycles. The Hall–Kier alpha value is -3.23. The molecule has 0 bridgehead atoms. The number of halogens is 3. The molecule has 33 heavy (non-hydrogen) atoms. The molecular weight excluding hydrogens is 433 g/mol. The number of urea groups is 1. The van der Waals surface area contributed by atoms with Gasteiger partial charge in [0.1, 0.15) is 0 Å². The number of likely N-dealkylation sites (tertiary alicyclic amines) is 1. The molecule has 2 aromatic carbocycles. The van der Waals surface area contributed by atoms with Gasteiger partial charge in [0, 0.05) is 44.6 Å². The van der Waals surface area contributed by atoms with Crippen molar-refractivity contribution in [2.75, 3.05) is 32.0 Å². The van der Waals surface area contributed by atoms with E-state index in [4.69, 9.17) is 0 Å². The molecule has 2 N–H and O–H groups in total. The zero-order valence-corrected chi connectivity index (χ0v) is 18.4. The van der Waals surface area contributed by atoms with Crippen LogP contribution in [-0.2, 0) is 23.9 Å². The number of carbonyl (C=O) groups excluding carboxylic acids is 2. The molecule has 2 aliphatic rings. The number of hydrogen-bond acceptors (Lipinski definition) is 3. The third-order valence-corrected chi connectivity index (χ3v) is 6.34. The summed E-state index contributed by atoms with van der Waals surface area (Å²) in [7, 11) is 1.59. The molecule has 176 valence electrons. The maximum atomic E-state index is 13.2. The summed E-state index contributed by atoms with van der Waals surface area (Å²) in [6.45, 7) is 2.13. The standard InChI is InChI=1S/C24H27F3N4O2/c1-28-23(33)31-12-3-5-17(15-31)22(32)30-13-11-20-16(14-30)4-2-6-21(20)29-19-9-7-18(8-10-19)24(25,26)27/h2,4,6-10,17,29H,3,5,11-15H2,1H3,(H,28,33). The van der Waals surface area contributed by atoms with Crippen molar-refractivity contribution in [3.8, 4) is 0 Å².